The summed E-state index contributed by atoms with van der Waals surface area (Å²) in [4.78, 5) is 24.5. The SMILES string of the molecule is Cc1ccc2occ(/C=C/C(=O)Nc3ccc(Cl)cc3Cl)c(=O)c2c1. The van der Waals surface area contributed by atoms with Crippen molar-refractivity contribution in [1.29, 1.82) is 0 Å². The van der Waals surface area contributed by atoms with Crippen LogP contribution in [0, 0.1) is 6.92 Å². The fourth-order valence-corrected chi connectivity index (χ4v) is 2.76. The maximum Gasteiger partial charge on any atom is 0.248 e. The zero-order valence-electron chi connectivity index (χ0n) is 13.2. The molecule has 3 rings (SSSR count). The zero-order chi connectivity index (χ0) is 18.0. The molecule has 1 amide bonds. The van der Waals surface area contributed by atoms with Gasteiger partial charge in [0.2, 0.25) is 5.91 Å². The second-order valence-electron chi connectivity index (χ2n) is 5.47. The lowest BCUT2D eigenvalue weighted by Gasteiger charge is -2.05. The van der Waals surface area contributed by atoms with E-state index in [0.717, 1.165) is 5.56 Å². The van der Waals surface area contributed by atoms with Crippen LogP contribution in [0.1, 0.15) is 11.1 Å². The lowest BCUT2D eigenvalue weighted by molar-refractivity contribution is -0.111. The molecule has 0 unspecified atom stereocenters. The summed E-state index contributed by atoms with van der Waals surface area (Å²) in [5.74, 6) is -0.423. The van der Waals surface area contributed by atoms with Crippen LogP contribution in [0.25, 0.3) is 17.0 Å². The Morgan fingerprint density at radius 3 is 2.72 bits per heavy atom. The number of fused-ring (bicyclic) bond motifs is 1. The number of halogens is 2. The first-order valence-corrected chi connectivity index (χ1v) is 8.16. The minimum atomic E-state index is -0.423. The van der Waals surface area contributed by atoms with Crippen LogP contribution in [-0.2, 0) is 4.79 Å². The fourth-order valence-electron chi connectivity index (χ4n) is 2.31. The summed E-state index contributed by atoms with van der Waals surface area (Å²) >= 11 is 11.8. The van der Waals surface area contributed by atoms with Gasteiger partial charge >= 0.3 is 0 Å². The standard InChI is InChI=1S/C19H13Cl2NO3/c1-11-2-6-17-14(8-11)19(24)12(10-25-17)3-7-18(23)22-16-5-4-13(20)9-15(16)21/h2-10H,1H3,(H,22,23)/b7-3+. The number of carbonyl (C=O) groups excluding carboxylic acids is 1. The summed E-state index contributed by atoms with van der Waals surface area (Å²) in [6.07, 6.45) is 3.99. The molecule has 1 aromatic heterocycles. The number of anilines is 1. The van der Waals surface area contributed by atoms with Crippen LogP contribution in [-0.4, -0.2) is 5.91 Å². The predicted molar refractivity (Wildman–Crippen MR) is 101 cm³/mol. The van der Waals surface area contributed by atoms with Gasteiger partial charge in [0.05, 0.1) is 21.7 Å². The Labute approximate surface area is 153 Å². The van der Waals surface area contributed by atoms with E-state index in [-0.39, 0.29) is 11.0 Å². The number of hydrogen-bond donors (Lipinski definition) is 1. The van der Waals surface area contributed by atoms with Crippen molar-refractivity contribution in [1.82, 2.24) is 0 Å². The van der Waals surface area contributed by atoms with Gasteiger partial charge in [0.25, 0.3) is 0 Å². The third kappa shape index (κ3) is 3.92. The van der Waals surface area contributed by atoms with Crippen LogP contribution in [0.4, 0.5) is 5.69 Å². The Kier molecular flexibility index (Phi) is 4.93. The topological polar surface area (TPSA) is 59.3 Å². The number of carbonyl (C=O) groups is 1. The van der Waals surface area contributed by atoms with E-state index in [1.165, 1.54) is 24.5 Å². The molecule has 4 nitrogen and oxygen atoms in total. The Bertz CT molecular complexity index is 1050. The first-order valence-electron chi connectivity index (χ1n) is 7.40. The van der Waals surface area contributed by atoms with Crippen LogP contribution >= 0.6 is 23.2 Å². The Morgan fingerprint density at radius 1 is 1.16 bits per heavy atom. The van der Waals surface area contributed by atoms with Gasteiger partial charge in [0.15, 0.2) is 5.43 Å². The van der Waals surface area contributed by atoms with Crippen molar-refractivity contribution in [3.63, 3.8) is 0 Å². The summed E-state index contributed by atoms with van der Waals surface area (Å²) < 4.78 is 5.44. The third-order valence-corrected chi connectivity index (χ3v) is 4.11. The van der Waals surface area contributed by atoms with Crippen LogP contribution in [0.5, 0.6) is 0 Å². The van der Waals surface area contributed by atoms with Crippen molar-refractivity contribution in [3.05, 3.63) is 80.1 Å². The number of amides is 1. The number of hydrogen-bond acceptors (Lipinski definition) is 3. The van der Waals surface area contributed by atoms with Crippen LogP contribution in [0.2, 0.25) is 10.0 Å². The number of aryl methyl sites for hydroxylation is 1. The smallest absolute Gasteiger partial charge is 0.248 e. The molecule has 1 N–H and O–H groups in total. The molecule has 25 heavy (non-hydrogen) atoms. The Morgan fingerprint density at radius 2 is 1.96 bits per heavy atom. The maximum atomic E-state index is 12.5. The second kappa shape index (κ2) is 7.13. The molecule has 0 spiro atoms. The highest BCUT2D eigenvalue weighted by atomic mass is 35.5. The number of rotatable bonds is 3. The molecular formula is C19H13Cl2NO3. The van der Waals surface area contributed by atoms with E-state index in [1.54, 1.807) is 24.3 Å². The third-order valence-electron chi connectivity index (χ3n) is 3.56. The van der Waals surface area contributed by atoms with Crippen LogP contribution < -0.4 is 10.7 Å². The van der Waals surface area contributed by atoms with Gasteiger partial charge in [-0.15, -0.1) is 0 Å². The van der Waals surface area contributed by atoms with Crippen LogP contribution in [0.15, 0.2) is 57.9 Å². The molecule has 2 aromatic carbocycles. The van der Waals surface area contributed by atoms with Crippen molar-refractivity contribution in [2.24, 2.45) is 0 Å². The van der Waals surface area contributed by atoms with Gasteiger partial charge in [-0.2, -0.15) is 0 Å². The quantitative estimate of drug-likeness (QED) is 0.652. The van der Waals surface area contributed by atoms with Gasteiger partial charge in [-0.25, -0.2) is 0 Å². The Hall–Kier alpha value is -2.56. The minimum Gasteiger partial charge on any atom is -0.463 e. The van der Waals surface area contributed by atoms with E-state index in [2.05, 4.69) is 5.32 Å². The van der Waals surface area contributed by atoms with Gasteiger partial charge in [-0.05, 0) is 43.3 Å². The maximum absolute atomic E-state index is 12.5. The average Bonchev–Trinajstić information content (AvgIpc) is 2.57. The normalized spacial score (nSPS) is 11.2. The molecule has 0 saturated carbocycles. The minimum absolute atomic E-state index is 0.196. The molecule has 0 aliphatic rings. The summed E-state index contributed by atoms with van der Waals surface area (Å²) in [5, 5.41) is 3.90. The zero-order valence-corrected chi connectivity index (χ0v) is 14.7. The molecule has 3 aromatic rings. The lowest BCUT2D eigenvalue weighted by Crippen LogP contribution is -2.09. The van der Waals surface area contributed by atoms with Crippen LogP contribution in [0.3, 0.4) is 0 Å². The molecule has 0 radical (unpaired) electrons. The molecule has 0 atom stereocenters. The summed E-state index contributed by atoms with van der Waals surface area (Å²) in [7, 11) is 0. The molecular weight excluding hydrogens is 361 g/mol. The van der Waals surface area contributed by atoms with Gasteiger partial charge in [-0.3, -0.25) is 9.59 Å². The predicted octanol–water partition coefficient (Wildman–Crippen LogP) is 5.06. The van der Waals surface area contributed by atoms with Gasteiger partial charge < -0.3 is 9.73 Å². The van der Waals surface area contributed by atoms with Crippen molar-refractivity contribution >= 4 is 51.8 Å². The number of benzene rings is 2. The van der Waals surface area contributed by atoms with Gasteiger partial charge in [0.1, 0.15) is 11.8 Å². The van der Waals surface area contributed by atoms with Crippen molar-refractivity contribution in [3.8, 4) is 0 Å². The molecule has 6 heteroatoms. The lowest BCUT2D eigenvalue weighted by atomic mass is 10.1. The molecule has 126 valence electrons. The largest absolute Gasteiger partial charge is 0.463 e. The van der Waals surface area contributed by atoms with E-state index in [0.29, 0.717) is 26.7 Å². The summed E-state index contributed by atoms with van der Waals surface area (Å²) in [6.45, 7) is 1.89. The van der Waals surface area contributed by atoms with E-state index >= 15 is 0 Å². The molecule has 0 saturated heterocycles. The van der Waals surface area contributed by atoms with Crippen molar-refractivity contribution < 1.29 is 9.21 Å². The highest BCUT2D eigenvalue weighted by molar-refractivity contribution is 6.36. The van der Waals surface area contributed by atoms with E-state index in [9.17, 15) is 9.59 Å². The van der Waals surface area contributed by atoms with Crippen molar-refractivity contribution in [2.45, 2.75) is 6.92 Å². The van der Waals surface area contributed by atoms with E-state index < -0.39 is 5.91 Å². The molecule has 0 fully saturated rings. The fraction of sp³-hybridized carbons (Fsp3) is 0.0526. The molecule has 0 bridgehead atoms. The Balaban J connectivity index is 1.84. The first-order chi connectivity index (χ1) is 11.9. The average molecular weight is 374 g/mol. The summed E-state index contributed by atoms with van der Waals surface area (Å²) in [5.41, 5.74) is 1.98. The first kappa shape index (κ1) is 17.3. The monoisotopic (exact) mass is 373 g/mol. The highest BCUT2D eigenvalue weighted by Gasteiger charge is 2.07. The molecule has 1 heterocycles. The van der Waals surface area contributed by atoms with Gasteiger partial charge in [-0.1, -0.05) is 34.8 Å². The van der Waals surface area contributed by atoms with E-state index in [1.807, 2.05) is 13.0 Å². The molecule has 0 aliphatic carbocycles. The second-order valence-corrected chi connectivity index (χ2v) is 6.31. The highest BCUT2D eigenvalue weighted by Crippen LogP contribution is 2.25. The van der Waals surface area contributed by atoms with E-state index in [4.69, 9.17) is 27.6 Å². The van der Waals surface area contributed by atoms with Gasteiger partial charge in [0, 0.05) is 11.1 Å². The summed E-state index contributed by atoms with van der Waals surface area (Å²) in [6, 6.07) is 10.1. The van der Waals surface area contributed by atoms with Crippen molar-refractivity contribution in [2.75, 3.05) is 5.32 Å². The number of nitrogens with one attached hydrogen (secondary N) is 1. The molecule has 0 aliphatic heterocycles.